The lowest BCUT2D eigenvalue weighted by Crippen LogP contribution is -2.51. The van der Waals surface area contributed by atoms with Gasteiger partial charge in [-0.1, -0.05) is 0 Å². The number of halogens is 3. The van der Waals surface area contributed by atoms with E-state index < -0.39 is 11.7 Å². The summed E-state index contributed by atoms with van der Waals surface area (Å²) in [5.41, 5.74) is -0.776. The third-order valence-corrected chi connectivity index (χ3v) is 6.22. The van der Waals surface area contributed by atoms with Crippen LogP contribution in [0.3, 0.4) is 0 Å². The molecule has 1 atom stereocenters. The molecule has 2 aliphatic heterocycles. The molecule has 1 aliphatic carbocycles. The van der Waals surface area contributed by atoms with E-state index in [1.165, 1.54) is 25.5 Å². The molecule has 2 saturated heterocycles. The van der Waals surface area contributed by atoms with Crippen molar-refractivity contribution in [2.75, 3.05) is 51.2 Å². The Balaban J connectivity index is 1.22. The van der Waals surface area contributed by atoms with Crippen LogP contribution in [0.1, 0.15) is 31.2 Å². The zero-order chi connectivity index (χ0) is 21.1. The Kier molecular flexibility index (Phi) is 6.48. The number of nitrogens with zero attached hydrogens (tertiary/aromatic N) is 3. The molecular weight excluding hydrogens is 397 g/mol. The van der Waals surface area contributed by atoms with E-state index in [0.29, 0.717) is 24.8 Å². The molecule has 0 bridgehead atoms. The Morgan fingerprint density at radius 2 is 1.83 bits per heavy atom. The van der Waals surface area contributed by atoms with Crippen LogP contribution in [0.5, 0.6) is 0 Å². The second kappa shape index (κ2) is 9.09. The number of nitrogens with one attached hydrogen (secondary N) is 1. The number of likely N-dealkylation sites (tertiary alicyclic amines) is 1. The van der Waals surface area contributed by atoms with Gasteiger partial charge in [0.05, 0.1) is 11.7 Å². The molecule has 0 aromatic carbocycles. The standard InChI is InChI=1S/C21H29F3N4O2/c22-21(23,24)17-3-4-19(25-9-17)26-10-18-13-28(20(29)14-30-18)12-16-5-7-27(8-6-16)11-15-1-2-15/h3-4,9,15-16,18H,1-2,5-8,10-14H2,(H,25,26)/t18-/m1/s1. The number of morpholine rings is 1. The first kappa shape index (κ1) is 21.4. The zero-order valence-corrected chi connectivity index (χ0v) is 17.0. The highest BCUT2D eigenvalue weighted by Crippen LogP contribution is 2.31. The van der Waals surface area contributed by atoms with E-state index in [-0.39, 0.29) is 18.6 Å². The van der Waals surface area contributed by atoms with Crippen LogP contribution < -0.4 is 5.32 Å². The maximum Gasteiger partial charge on any atom is 0.417 e. The van der Waals surface area contributed by atoms with Crippen LogP contribution in [0.4, 0.5) is 19.0 Å². The van der Waals surface area contributed by atoms with Crippen molar-refractivity contribution in [3.05, 3.63) is 23.9 Å². The summed E-state index contributed by atoms with van der Waals surface area (Å²) in [7, 11) is 0. The molecule has 4 rings (SSSR count). The van der Waals surface area contributed by atoms with E-state index in [4.69, 9.17) is 4.74 Å². The summed E-state index contributed by atoms with van der Waals surface area (Å²) in [4.78, 5) is 20.5. The summed E-state index contributed by atoms with van der Waals surface area (Å²) in [6, 6.07) is 2.31. The van der Waals surface area contributed by atoms with Gasteiger partial charge >= 0.3 is 6.18 Å². The largest absolute Gasteiger partial charge is 0.417 e. The van der Waals surface area contributed by atoms with Gasteiger partial charge in [0.1, 0.15) is 12.4 Å². The third-order valence-electron chi connectivity index (χ3n) is 6.22. The predicted molar refractivity (Wildman–Crippen MR) is 106 cm³/mol. The van der Waals surface area contributed by atoms with Crippen LogP contribution in [0, 0.1) is 11.8 Å². The van der Waals surface area contributed by atoms with Crippen molar-refractivity contribution in [2.45, 2.75) is 38.0 Å². The molecule has 3 fully saturated rings. The quantitative estimate of drug-likeness (QED) is 0.727. The maximum atomic E-state index is 12.6. The summed E-state index contributed by atoms with van der Waals surface area (Å²) < 4.78 is 43.5. The van der Waals surface area contributed by atoms with Crippen LogP contribution >= 0.6 is 0 Å². The molecule has 1 aromatic heterocycles. The number of hydrogen-bond donors (Lipinski definition) is 1. The Hall–Kier alpha value is -1.87. The van der Waals surface area contributed by atoms with Crippen molar-refractivity contribution in [3.63, 3.8) is 0 Å². The predicted octanol–water partition coefficient (Wildman–Crippen LogP) is 2.86. The molecular formula is C21H29F3N4O2. The highest BCUT2D eigenvalue weighted by atomic mass is 19.4. The van der Waals surface area contributed by atoms with Gasteiger partial charge in [0.15, 0.2) is 0 Å². The van der Waals surface area contributed by atoms with E-state index in [0.717, 1.165) is 50.7 Å². The molecule has 9 heteroatoms. The monoisotopic (exact) mass is 426 g/mol. The summed E-state index contributed by atoms with van der Waals surface area (Å²) in [5.74, 6) is 1.81. The van der Waals surface area contributed by atoms with Gasteiger partial charge in [-0.2, -0.15) is 13.2 Å². The van der Waals surface area contributed by atoms with Gasteiger partial charge in [0, 0.05) is 32.4 Å². The number of piperidine rings is 1. The van der Waals surface area contributed by atoms with Crippen molar-refractivity contribution in [2.24, 2.45) is 11.8 Å². The van der Waals surface area contributed by atoms with Crippen LogP contribution in [0.25, 0.3) is 0 Å². The van der Waals surface area contributed by atoms with Gasteiger partial charge in [0.2, 0.25) is 5.91 Å². The van der Waals surface area contributed by atoms with Gasteiger partial charge in [-0.25, -0.2) is 4.98 Å². The SMILES string of the molecule is O=C1CO[C@H](CNc2ccc(C(F)(F)F)cn2)CN1CC1CCN(CC2CC2)CC1. The number of carbonyl (C=O) groups is 1. The van der Waals surface area contributed by atoms with Crippen molar-refractivity contribution in [3.8, 4) is 0 Å². The van der Waals surface area contributed by atoms with E-state index in [1.807, 2.05) is 4.90 Å². The number of rotatable bonds is 7. The lowest BCUT2D eigenvalue weighted by atomic mass is 9.95. The fourth-order valence-corrected chi connectivity index (χ4v) is 4.19. The number of amides is 1. The molecule has 3 aliphatic rings. The van der Waals surface area contributed by atoms with Crippen molar-refractivity contribution in [1.82, 2.24) is 14.8 Å². The highest BCUT2D eigenvalue weighted by Gasteiger charge is 2.32. The minimum absolute atomic E-state index is 0.0133. The summed E-state index contributed by atoms with van der Waals surface area (Å²) in [5, 5.41) is 3.01. The van der Waals surface area contributed by atoms with Crippen molar-refractivity contribution < 1.29 is 22.7 Å². The maximum absolute atomic E-state index is 12.6. The minimum Gasteiger partial charge on any atom is -0.367 e. The number of ether oxygens (including phenoxy) is 1. The normalized spacial score (nSPS) is 24.3. The lowest BCUT2D eigenvalue weighted by molar-refractivity contribution is -0.149. The van der Waals surface area contributed by atoms with Crippen molar-refractivity contribution >= 4 is 11.7 Å². The van der Waals surface area contributed by atoms with Crippen molar-refractivity contribution in [1.29, 1.82) is 0 Å². The Morgan fingerprint density at radius 1 is 1.10 bits per heavy atom. The molecule has 0 spiro atoms. The van der Waals surface area contributed by atoms with E-state index in [1.54, 1.807) is 0 Å². The molecule has 166 valence electrons. The second-order valence-corrected chi connectivity index (χ2v) is 8.73. The second-order valence-electron chi connectivity index (χ2n) is 8.73. The first-order valence-electron chi connectivity index (χ1n) is 10.8. The molecule has 1 saturated carbocycles. The Labute approximate surface area is 174 Å². The van der Waals surface area contributed by atoms with E-state index >= 15 is 0 Å². The summed E-state index contributed by atoms with van der Waals surface area (Å²) in [6.07, 6.45) is 1.20. The number of pyridine rings is 1. The molecule has 6 nitrogen and oxygen atoms in total. The first-order valence-corrected chi connectivity index (χ1v) is 10.8. The Morgan fingerprint density at radius 3 is 2.47 bits per heavy atom. The minimum atomic E-state index is -4.40. The van der Waals surface area contributed by atoms with Crippen LogP contribution in [-0.2, 0) is 15.7 Å². The van der Waals surface area contributed by atoms with Crippen LogP contribution in [-0.4, -0.2) is 72.7 Å². The van der Waals surface area contributed by atoms with Crippen LogP contribution in [0.2, 0.25) is 0 Å². The zero-order valence-electron chi connectivity index (χ0n) is 17.0. The Bertz CT molecular complexity index is 716. The number of anilines is 1. The highest BCUT2D eigenvalue weighted by molar-refractivity contribution is 5.78. The number of alkyl halides is 3. The molecule has 0 radical (unpaired) electrons. The number of hydrogen-bond acceptors (Lipinski definition) is 5. The molecule has 30 heavy (non-hydrogen) atoms. The third kappa shape index (κ3) is 5.85. The molecule has 3 heterocycles. The fourth-order valence-electron chi connectivity index (χ4n) is 4.19. The molecule has 1 amide bonds. The topological polar surface area (TPSA) is 57.7 Å². The van der Waals surface area contributed by atoms with E-state index in [2.05, 4.69) is 15.2 Å². The summed E-state index contributed by atoms with van der Waals surface area (Å²) >= 11 is 0. The fraction of sp³-hybridized carbons (Fsp3) is 0.714. The average Bonchev–Trinajstić information content (AvgIpc) is 3.54. The molecule has 1 aromatic rings. The van der Waals surface area contributed by atoms with Gasteiger partial charge < -0.3 is 19.9 Å². The average molecular weight is 426 g/mol. The molecule has 1 N–H and O–H groups in total. The number of aromatic nitrogens is 1. The smallest absolute Gasteiger partial charge is 0.367 e. The van der Waals surface area contributed by atoms with Gasteiger partial charge in [-0.15, -0.1) is 0 Å². The molecule has 0 unspecified atom stereocenters. The summed E-state index contributed by atoms with van der Waals surface area (Å²) in [6.45, 7) is 5.15. The van der Waals surface area contributed by atoms with Gasteiger partial charge in [-0.3, -0.25) is 4.79 Å². The first-order chi connectivity index (χ1) is 14.4. The number of carbonyl (C=O) groups excluding carboxylic acids is 1. The van der Waals surface area contributed by atoms with Crippen LogP contribution in [0.15, 0.2) is 18.3 Å². The van der Waals surface area contributed by atoms with Gasteiger partial charge in [-0.05, 0) is 62.7 Å². The van der Waals surface area contributed by atoms with Gasteiger partial charge in [0.25, 0.3) is 0 Å². The lowest BCUT2D eigenvalue weighted by Gasteiger charge is -2.38. The van der Waals surface area contributed by atoms with E-state index in [9.17, 15) is 18.0 Å².